The molecule has 1 aromatic heterocycles. The van der Waals surface area contributed by atoms with E-state index in [1.165, 1.54) is 55.3 Å². The molecule has 1 aliphatic carbocycles. The summed E-state index contributed by atoms with van der Waals surface area (Å²) in [5.41, 5.74) is 22.5. The minimum Gasteiger partial charge on any atom is -0.383 e. The van der Waals surface area contributed by atoms with Gasteiger partial charge in [-0.25, -0.2) is 4.99 Å². The minimum absolute atomic E-state index is 0.476. The van der Waals surface area contributed by atoms with Crippen molar-refractivity contribution in [2.24, 2.45) is 10.7 Å². The Morgan fingerprint density at radius 3 is 1.92 bits per heavy atom. The molecular formula is C60H43N3. The third-order valence-electron chi connectivity index (χ3n) is 12.7. The Balaban J connectivity index is 1.09. The van der Waals surface area contributed by atoms with Crippen LogP contribution in [0.4, 0.5) is 0 Å². The number of allylic oxidation sites excluding steroid dienone is 1. The smallest absolute Gasteiger partial charge is 0.131 e. The molecule has 0 saturated carbocycles. The average molecular weight is 806 g/mol. The Hall–Kier alpha value is -8.14. The van der Waals surface area contributed by atoms with Crippen LogP contribution in [0.1, 0.15) is 38.9 Å². The van der Waals surface area contributed by atoms with Crippen molar-refractivity contribution in [3.63, 3.8) is 0 Å². The normalized spacial score (nSPS) is 13.2. The van der Waals surface area contributed by atoms with Crippen molar-refractivity contribution in [2.75, 3.05) is 0 Å². The number of hydrogen-bond acceptors (Lipinski definition) is 2. The van der Waals surface area contributed by atoms with Crippen molar-refractivity contribution in [3.8, 4) is 33.4 Å². The van der Waals surface area contributed by atoms with Gasteiger partial charge in [-0.2, -0.15) is 0 Å². The van der Waals surface area contributed by atoms with Gasteiger partial charge >= 0.3 is 0 Å². The number of benzene rings is 9. The van der Waals surface area contributed by atoms with Gasteiger partial charge in [-0.05, 0) is 101 Å². The standard InChI is InChI=1S/C60H43N3/c61-59(43-18-4-1-5-19-43)63-57(36-29-41-16-14-20-44(38-41)46-21-15-37-62-40-46)53-33-32-49(51-27-12-13-28-52(51)53)45-31-34-55-54(39-45)58-50-26-11-10-17-42(50)30-35-56(58)60(55,47-22-6-2-7-23-47)48-24-8-3-9-25-48/h1-28,30-40H,29H2,(H2,61,63)/b57-36-. The van der Waals surface area contributed by atoms with Crippen LogP contribution in [0.25, 0.3) is 60.6 Å². The molecule has 0 spiro atoms. The molecule has 1 heterocycles. The predicted molar refractivity (Wildman–Crippen MR) is 263 cm³/mol. The maximum Gasteiger partial charge on any atom is 0.131 e. The molecule has 0 amide bonds. The molecule has 0 bridgehead atoms. The van der Waals surface area contributed by atoms with Crippen molar-refractivity contribution >= 4 is 33.1 Å². The fourth-order valence-corrected chi connectivity index (χ4v) is 9.85. The summed E-state index contributed by atoms with van der Waals surface area (Å²) in [7, 11) is 0. The lowest BCUT2D eigenvalue weighted by atomic mass is 9.67. The van der Waals surface area contributed by atoms with E-state index in [0.717, 1.165) is 44.3 Å². The number of nitrogens with two attached hydrogens (primary N) is 1. The van der Waals surface area contributed by atoms with Crippen molar-refractivity contribution in [3.05, 3.63) is 276 Å². The first kappa shape index (κ1) is 37.8. The first-order valence-electron chi connectivity index (χ1n) is 21.6. The molecule has 0 saturated heterocycles. The highest BCUT2D eigenvalue weighted by Crippen LogP contribution is 2.58. The molecule has 1 aliphatic rings. The van der Waals surface area contributed by atoms with Gasteiger partial charge in [0, 0.05) is 23.5 Å². The van der Waals surface area contributed by atoms with Crippen LogP contribution < -0.4 is 5.73 Å². The number of rotatable bonds is 9. The third kappa shape index (κ3) is 6.63. The number of aliphatic imine (C=N–C) groups is 1. The second-order valence-electron chi connectivity index (χ2n) is 16.3. The van der Waals surface area contributed by atoms with Gasteiger partial charge in [0.1, 0.15) is 5.84 Å². The molecule has 3 heteroatoms. The van der Waals surface area contributed by atoms with E-state index in [4.69, 9.17) is 10.7 Å². The number of pyridine rings is 1. The van der Waals surface area contributed by atoms with Crippen LogP contribution in [0.15, 0.2) is 242 Å². The Morgan fingerprint density at radius 1 is 0.508 bits per heavy atom. The molecule has 2 N–H and O–H groups in total. The summed E-state index contributed by atoms with van der Waals surface area (Å²) in [5, 5.41) is 4.76. The fourth-order valence-electron chi connectivity index (χ4n) is 9.85. The van der Waals surface area contributed by atoms with E-state index in [2.05, 4.69) is 193 Å². The number of fused-ring (bicyclic) bond motifs is 6. The van der Waals surface area contributed by atoms with Gasteiger partial charge < -0.3 is 5.73 Å². The van der Waals surface area contributed by atoms with Crippen LogP contribution in [0.2, 0.25) is 0 Å². The lowest BCUT2D eigenvalue weighted by molar-refractivity contribution is 0.769. The van der Waals surface area contributed by atoms with E-state index < -0.39 is 5.41 Å². The van der Waals surface area contributed by atoms with E-state index in [1.54, 1.807) is 6.20 Å². The first-order chi connectivity index (χ1) is 31.2. The third-order valence-corrected chi connectivity index (χ3v) is 12.7. The largest absolute Gasteiger partial charge is 0.383 e. The lowest BCUT2D eigenvalue weighted by Crippen LogP contribution is -2.28. The van der Waals surface area contributed by atoms with Crippen LogP contribution >= 0.6 is 0 Å². The molecular weight excluding hydrogens is 763 g/mol. The Bertz CT molecular complexity index is 3310. The van der Waals surface area contributed by atoms with E-state index in [1.807, 2.05) is 42.6 Å². The Labute approximate surface area is 368 Å². The molecule has 298 valence electrons. The van der Waals surface area contributed by atoms with Gasteiger partial charge in [-0.15, -0.1) is 0 Å². The predicted octanol–water partition coefficient (Wildman–Crippen LogP) is 14.1. The van der Waals surface area contributed by atoms with Crippen molar-refractivity contribution in [1.29, 1.82) is 0 Å². The zero-order valence-electron chi connectivity index (χ0n) is 34.7. The highest BCUT2D eigenvalue weighted by Gasteiger charge is 2.46. The molecule has 10 aromatic rings. The van der Waals surface area contributed by atoms with Crippen LogP contribution in [0.3, 0.4) is 0 Å². The summed E-state index contributed by atoms with van der Waals surface area (Å²) in [6.45, 7) is 0. The summed E-state index contributed by atoms with van der Waals surface area (Å²) in [6.07, 6.45) is 6.60. The van der Waals surface area contributed by atoms with Crippen LogP contribution in [0.5, 0.6) is 0 Å². The second-order valence-corrected chi connectivity index (χ2v) is 16.3. The Kier molecular flexibility index (Phi) is 9.63. The van der Waals surface area contributed by atoms with Crippen molar-refractivity contribution < 1.29 is 0 Å². The molecule has 9 aromatic carbocycles. The Morgan fingerprint density at radius 2 is 1.17 bits per heavy atom. The van der Waals surface area contributed by atoms with Crippen LogP contribution in [-0.4, -0.2) is 10.8 Å². The summed E-state index contributed by atoms with van der Waals surface area (Å²) < 4.78 is 0. The van der Waals surface area contributed by atoms with Crippen molar-refractivity contribution in [2.45, 2.75) is 11.8 Å². The second kappa shape index (κ2) is 16.0. The summed E-state index contributed by atoms with van der Waals surface area (Å²) in [4.78, 5) is 9.54. The van der Waals surface area contributed by atoms with Gasteiger partial charge in [0.15, 0.2) is 0 Å². The molecule has 0 aliphatic heterocycles. The van der Waals surface area contributed by atoms with E-state index in [0.29, 0.717) is 12.3 Å². The highest BCUT2D eigenvalue weighted by atomic mass is 14.9. The molecule has 11 rings (SSSR count). The number of nitrogens with zero attached hydrogens (tertiary/aromatic N) is 2. The van der Waals surface area contributed by atoms with Gasteiger partial charge in [0.05, 0.1) is 11.1 Å². The van der Waals surface area contributed by atoms with Gasteiger partial charge in [-0.3, -0.25) is 4.98 Å². The van der Waals surface area contributed by atoms with Crippen molar-refractivity contribution in [1.82, 2.24) is 4.98 Å². The monoisotopic (exact) mass is 805 g/mol. The van der Waals surface area contributed by atoms with Gasteiger partial charge in [0.2, 0.25) is 0 Å². The van der Waals surface area contributed by atoms with E-state index in [-0.39, 0.29) is 0 Å². The minimum atomic E-state index is -0.491. The molecule has 3 nitrogen and oxygen atoms in total. The van der Waals surface area contributed by atoms with Crippen LogP contribution in [-0.2, 0) is 11.8 Å². The van der Waals surface area contributed by atoms with Gasteiger partial charge in [-0.1, -0.05) is 212 Å². The highest BCUT2D eigenvalue weighted by molar-refractivity contribution is 6.08. The van der Waals surface area contributed by atoms with E-state index >= 15 is 0 Å². The number of amidine groups is 1. The number of hydrogen-bond donors (Lipinski definition) is 1. The molecule has 0 atom stereocenters. The lowest BCUT2D eigenvalue weighted by Gasteiger charge is -2.34. The molecule has 63 heavy (non-hydrogen) atoms. The van der Waals surface area contributed by atoms with Crippen LogP contribution in [0, 0.1) is 0 Å². The SMILES string of the molecule is NC(=N/C(=C\Cc1cccc(-c2cccnc2)c1)c1ccc(-c2ccc3c(c2)-c2c(ccc4ccccc24)C3(c2ccccc2)c2ccccc2)c2ccccc12)c1ccccc1. The maximum atomic E-state index is 6.81. The van der Waals surface area contributed by atoms with Gasteiger partial charge in [0.25, 0.3) is 0 Å². The summed E-state index contributed by atoms with van der Waals surface area (Å²) in [6, 6.07) is 78.6. The zero-order chi connectivity index (χ0) is 42.2. The number of aromatic nitrogens is 1. The summed E-state index contributed by atoms with van der Waals surface area (Å²) >= 11 is 0. The molecule has 0 fully saturated rings. The topological polar surface area (TPSA) is 51.3 Å². The van der Waals surface area contributed by atoms with E-state index in [9.17, 15) is 0 Å². The molecule has 0 unspecified atom stereocenters. The quantitative estimate of drug-likeness (QED) is 0.117. The zero-order valence-corrected chi connectivity index (χ0v) is 34.7. The first-order valence-corrected chi connectivity index (χ1v) is 21.6. The summed E-state index contributed by atoms with van der Waals surface area (Å²) in [5.74, 6) is 0.476. The maximum absolute atomic E-state index is 6.81. The molecule has 0 radical (unpaired) electrons. The fraction of sp³-hybridized carbons (Fsp3) is 0.0333. The average Bonchev–Trinajstić information content (AvgIpc) is 3.67.